The number of rotatable bonds is 11. The molecule has 1 saturated heterocycles. The van der Waals surface area contributed by atoms with Crippen LogP contribution < -0.4 is 10.6 Å². The van der Waals surface area contributed by atoms with Crippen LogP contribution in [0.3, 0.4) is 0 Å². The maximum atomic E-state index is 11.9. The fourth-order valence-electron chi connectivity index (χ4n) is 3.29. The zero-order chi connectivity index (χ0) is 29.9. The SMILES string of the molecule is O=CO.O[C@@H]1COC[C@H](O)C1.[B]Cc1ccc(O)c(NC(=O)CCNC(=O)CCOCCN2C(=O)C=CC2=O)c1. The Balaban J connectivity index is 0.000000606. The third-order valence-electron chi connectivity index (χ3n) is 5.24. The minimum absolute atomic E-state index is 0.0328. The first kappa shape index (κ1) is 34.2. The summed E-state index contributed by atoms with van der Waals surface area (Å²) in [6.45, 7) is 1.02. The van der Waals surface area contributed by atoms with Crippen molar-refractivity contribution < 1.29 is 53.9 Å². The van der Waals surface area contributed by atoms with Crippen LogP contribution in [-0.2, 0) is 39.8 Å². The predicted octanol–water partition coefficient (Wildman–Crippen LogP) is -1.33. The molecule has 0 bridgehead atoms. The van der Waals surface area contributed by atoms with Crippen LogP contribution in [0.15, 0.2) is 30.4 Å². The van der Waals surface area contributed by atoms with Crippen LogP contribution >= 0.6 is 0 Å². The van der Waals surface area contributed by atoms with E-state index in [1.54, 1.807) is 12.1 Å². The maximum absolute atomic E-state index is 11.9. The van der Waals surface area contributed by atoms with Gasteiger partial charge in [0.15, 0.2) is 0 Å². The number of imide groups is 1. The lowest BCUT2D eigenvalue weighted by Gasteiger charge is -2.21. The summed E-state index contributed by atoms with van der Waals surface area (Å²) in [5, 5.41) is 39.4. The zero-order valence-corrected chi connectivity index (χ0v) is 21.9. The van der Waals surface area contributed by atoms with Crippen molar-refractivity contribution in [3.05, 3.63) is 35.9 Å². The van der Waals surface area contributed by atoms with Crippen LogP contribution in [0, 0.1) is 0 Å². The van der Waals surface area contributed by atoms with E-state index < -0.39 is 12.2 Å². The number of aliphatic hydroxyl groups excluding tert-OH is 2. The molecule has 2 aliphatic rings. The van der Waals surface area contributed by atoms with Gasteiger partial charge in [0.05, 0.1) is 58.7 Å². The van der Waals surface area contributed by atoms with Crippen LogP contribution in [0.2, 0.25) is 0 Å². The molecule has 2 radical (unpaired) electrons. The number of hydrogen-bond acceptors (Lipinski definition) is 10. The summed E-state index contributed by atoms with van der Waals surface area (Å²) in [6, 6.07) is 4.69. The van der Waals surface area contributed by atoms with Crippen molar-refractivity contribution in [1.29, 1.82) is 0 Å². The number of benzene rings is 1. The predicted molar refractivity (Wildman–Crippen MR) is 141 cm³/mol. The van der Waals surface area contributed by atoms with E-state index in [2.05, 4.69) is 10.6 Å². The molecule has 0 saturated carbocycles. The highest BCUT2D eigenvalue weighted by atomic mass is 16.5. The lowest BCUT2D eigenvalue weighted by Crippen LogP contribution is -2.33. The first-order valence-electron chi connectivity index (χ1n) is 12.3. The molecule has 15 heteroatoms. The molecule has 1 aromatic rings. The monoisotopic (exact) mass is 563 g/mol. The molecule has 14 nitrogen and oxygen atoms in total. The molecule has 0 spiro atoms. The van der Waals surface area contributed by atoms with E-state index in [-0.39, 0.29) is 87.0 Å². The van der Waals surface area contributed by atoms with Gasteiger partial charge in [-0.25, -0.2) is 0 Å². The third-order valence-corrected chi connectivity index (χ3v) is 5.24. The van der Waals surface area contributed by atoms with Gasteiger partial charge in [-0.2, -0.15) is 0 Å². The highest BCUT2D eigenvalue weighted by Gasteiger charge is 2.22. The Morgan fingerprint density at radius 3 is 2.25 bits per heavy atom. The number of aromatic hydroxyl groups is 1. The van der Waals surface area contributed by atoms with Crippen molar-refractivity contribution in [3.8, 4) is 5.75 Å². The molecule has 218 valence electrons. The van der Waals surface area contributed by atoms with E-state index in [0.717, 1.165) is 10.5 Å². The molecule has 3 rings (SSSR count). The van der Waals surface area contributed by atoms with Gasteiger partial charge < -0.3 is 40.5 Å². The summed E-state index contributed by atoms with van der Waals surface area (Å²) in [7, 11) is 5.53. The lowest BCUT2D eigenvalue weighted by molar-refractivity contribution is -0.138. The Morgan fingerprint density at radius 2 is 1.70 bits per heavy atom. The first-order chi connectivity index (χ1) is 19.1. The fraction of sp³-hybridized carbons (Fsp3) is 0.480. The minimum Gasteiger partial charge on any atom is -0.506 e. The molecule has 0 aliphatic carbocycles. The van der Waals surface area contributed by atoms with Gasteiger partial charge in [0.1, 0.15) is 5.75 Å². The quantitative estimate of drug-likeness (QED) is 0.0610. The van der Waals surface area contributed by atoms with E-state index in [1.807, 2.05) is 0 Å². The number of anilines is 1. The zero-order valence-electron chi connectivity index (χ0n) is 21.9. The van der Waals surface area contributed by atoms with Crippen molar-refractivity contribution in [1.82, 2.24) is 10.2 Å². The Labute approximate surface area is 232 Å². The normalized spacial score (nSPS) is 17.7. The fourth-order valence-corrected chi connectivity index (χ4v) is 3.29. The number of ether oxygens (including phenoxy) is 2. The summed E-state index contributed by atoms with van der Waals surface area (Å²) < 4.78 is 10.0. The van der Waals surface area contributed by atoms with E-state index in [0.29, 0.717) is 19.6 Å². The Morgan fingerprint density at radius 1 is 1.07 bits per heavy atom. The molecule has 1 aromatic carbocycles. The molecule has 0 aromatic heterocycles. The minimum atomic E-state index is -0.459. The van der Waals surface area contributed by atoms with Crippen molar-refractivity contribution >= 4 is 43.6 Å². The van der Waals surface area contributed by atoms with Gasteiger partial charge in [0.25, 0.3) is 18.3 Å². The van der Waals surface area contributed by atoms with Gasteiger partial charge in [0.2, 0.25) is 11.8 Å². The highest BCUT2D eigenvalue weighted by molar-refractivity contribution is 6.12. The molecule has 2 aliphatic heterocycles. The van der Waals surface area contributed by atoms with Gasteiger partial charge in [-0.1, -0.05) is 17.9 Å². The largest absolute Gasteiger partial charge is 0.506 e. The summed E-state index contributed by atoms with van der Waals surface area (Å²) in [6.07, 6.45) is 2.33. The lowest BCUT2D eigenvalue weighted by atomic mass is 9.96. The number of nitrogens with zero attached hydrogens (tertiary/aromatic N) is 1. The second-order valence-electron chi connectivity index (χ2n) is 8.41. The third kappa shape index (κ3) is 13.8. The number of phenols is 1. The topological polar surface area (TPSA) is 212 Å². The van der Waals surface area contributed by atoms with Crippen molar-refractivity contribution in [2.45, 2.75) is 37.8 Å². The summed E-state index contributed by atoms with van der Waals surface area (Å²) >= 11 is 0. The second-order valence-corrected chi connectivity index (χ2v) is 8.41. The van der Waals surface area contributed by atoms with Gasteiger partial charge in [-0.15, -0.1) is 0 Å². The van der Waals surface area contributed by atoms with E-state index in [9.17, 15) is 24.3 Å². The molecular formula is C25H34BN3O11. The number of phenolic OH excluding ortho intramolecular Hbond substituents is 1. The van der Waals surface area contributed by atoms with Gasteiger partial charge in [0, 0.05) is 38.0 Å². The van der Waals surface area contributed by atoms with Gasteiger partial charge >= 0.3 is 0 Å². The molecule has 4 amide bonds. The van der Waals surface area contributed by atoms with Crippen LogP contribution in [-0.4, -0.2) is 115 Å². The van der Waals surface area contributed by atoms with Crippen LogP contribution in [0.25, 0.3) is 0 Å². The molecule has 2 heterocycles. The molecule has 6 N–H and O–H groups in total. The molecule has 2 atom stereocenters. The number of nitrogens with one attached hydrogen (secondary N) is 2. The average Bonchev–Trinajstić information content (AvgIpc) is 3.22. The number of carboxylic acid groups (broad SMARTS) is 1. The smallest absolute Gasteiger partial charge is 0.290 e. The first-order valence-corrected chi connectivity index (χ1v) is 12.3. The summed E-state index contributed by atoms with van der Waals surface area (Å²) in [4.78, 5) is 55.8. The standard InChI is InChI=1S/C19H22BN3O6.C5H10O3.CH2O2/c20-12-13-1-2-15(24)14(11-13)22-17(26)5-7-21-16(25)6-9-29-10-8-23-18(27)3-4-19(23)28;6-4-1-5(7)3-8-2-4;2-1-3/h1-4,11,24H,5-10,12H2,(H,21,25)(H,22,26);4-7H,1-3H2;1H,(H,2,3)/t;4-,5+;. The molecular weight excluding hydrogens is 529 g/mol. The van der Waals surface area contributed by atoms with Crippen LogP contribution in [0.1, 0.15) is 24.8 Å². The molecule has 0 unspecified atom stereocenters. The summed E-state index contributed by atoms with van der Waals surface area (Å²) in [5.74, 6) is -1.47. The molecule has 1 fully saturated rings. The van der Waals surface area contributed by atoms with Crippen LogP contribution in [0.5, 0.6) is 5.75 Å². The Hall–Kier alpha value is -3.79. The van der Waals surface area contributed by atoms with E-state index >= 15 is 0 Å². The van der Waals surface area contributed by atoms with Crippen molar-refractivity contribution in [2.75, 3.05) is 44.8 Å². The highest BCUT2D eigenvalue weighted by Crippen LogP contribution is 2.24. The number of amides is 4. The number of hydrogen-bond donors (Lipinski definition) is 6. The Bertz CT molecular complexity index is 996. The van der Waals surface area contributed by atoms with E-state index in [1.165, 1.54) is 18.2 Å². The number of carbonyl (C=O) groups is 5. The van der Waals surface area contributed by atoms with Gasteiger partial charge in [-0.3, -0.25) is 28.9 Å². The average molecular weight is 563 g/mol. The molecule has 40 heavy (non-hydrogen) atoms. The van der Waals surface area contributed by atoms with Crippen molar-refractivity contribution in [2.24, 2.45) is 0 Å². The maximum Gasteiger partial charge on any atom is 0.290 e. The van der Waals surface area contributed by atoms with Gasteiger partial charge in [-0.05, 0) is 12.1 Å². The number of carbonyl (C=O) groups excluding carboxylic acids is 4. The second kappa shape index (κ2) is 19.3. The van der Waals surface area contributed by atoms with Crippen molar-refractivity contribution in [3.63, 3.8) is 0 Å². The Kier molecular flexibility index (Phi) is 16.5. The van der Waals surface area contributed by atoms with Crippen LogP contribution in [0.4, 0.5) is 5.69 Å². The summed E-state index contributed by atoms with van der Waals surface area (Å²) in [5.41, 5.74) is 1.03. The number of aliphatic hydroxyl groups is 2. The van der Waals surface area contributed by atoms with E-state index in [4.69, 9.17) is 37.4 Å².